The first kappa shape index (κ1) is 23.6. The molecule has 0 heterocycles. The zero-order chi connectivity index (χ0) is 20.1. The van der Waals surface area contributed by atoms with Crippen molar-refractivity contribution in [3.8, 4) is 0 Å². The third kappa shape index (κ3) is 5.93. The van der Waals surface area contributed by atoms with Crippen LogP contribution in [0.2, 0.25) is 0 Å². The molecule has 1 aliphatic carbocycles. The monoisotopic (exact) mass is 440 g/mol. The highest BCUT2D eigenvalue weighted by atomic mass is 35.5. The Morgan fingerprint density at radius 1 is 1.14 bits per heavy atom. The Bertz CT molecular complexity index is 904. The Morgan fingerprint density at radius 3 is 2.52 bits per heavy atom. The van der Waals surface area contributed by atoms with Crippen LogP contribution in [0.5, 0.6) is 0 Å². The van der Waals surface area contributed by atoms with Gasteiger partial charge in [0.25, 0.3) is 10.0 Å². The molecule has 0 amide bonds. The predicted molar refractivity (Wildman–Crippen MR) is 119 cm³/mol. The van der Waals surface area contributed by atoms with Crippen LogP contribution in [0.3, 0.4) is 0 Å². The molecule has 0 aromatic heterocycles. The summed E-state index contributed by atoms with van der Waals surface area (Å²) in [6, 6.07) is 12.7. The fourth-order valence-electron chi connectivity index (χ4n) is 3.62. The fourth-order valence-corrected chi connectivity index (χ4v) is 4.67. The highest BCUT2D eigenvalue weighted by molar-refractivity contribution is 7.92. The zero-order valence-corrected chi connectivity index (χ0v) is 18.6. The van der Waals surface area contributed by atoms with Gasteiger partial charge in [-0.05, 0) is 73.2 Å². The Kier molecular flexibility index (Phi) is 8.49. The first-order chi connectivity index (χ1) is 13.4. The Hall–Kier alpha value is -1.63. The average molecular weight is 441 g/mol. The maximum atomic E-state index is 12.8. The van der Waals surface area contributed by atoms with Crippen LogP contribution < -0.4 is 10.0 Å². The molecule has 160 valence electrons. The molecule has 4 nitrogen and oxygen atoms in total. The number of anilines is 1. The third-order valence-electron chi connectivity index (χ3n) is 5.36. The van der Waals surface area contributed by atoms with Crippen LogP contribution in [0.1, 0.15) is 49.3 Å². The number of fused-ring (bicyclic) bond motifs is 1. The molecule has 0 saturated carbocycles. The number of aryl methyl sites for hydroxylation is 1. The van der Waals surface area contributed by atoms with E-state index in [1.165, 1.54) is 23.3 Å². The summed E-state index contributed by atoms with van der Waals surface area (Å²) in [7, 11) is -3.67. The van der Waals surface area contributed by atoms with Crippen molar-refractivity contribution in [2.75, 3.05) is 17.9 Å². The molecule has 2 aromatic carbocycles. The predicted octanol–water partition coefficient (Wildman–Crippen LogP) is 4.84. The minimum atomic E-state index is -3.67. The molecular weight excluding hydrogens is 411 g/mol. The number of rotatable bonds is 8. The second-order valence-electron chi connectivity index (χ2n) is 7.61. The van der Waals surface area contributed by atoms with E-state index in [1.807, 2.05) is 18.2 Å². The van der Waals surface area contributed by atoms with Crippen LogP contribution in [0.4, 0.5) is 10.1 Å². The van der Waals surface area contributed by atoms with Crippen molar-refractivity contribution in [2.45, 2.75) is 56.4 Å². The average Bonchev–Trinajstić information content (AvgIpc) is 2.71. The first-order valence-corrected chi connectivity index (χ1v) is 11.4. The van der Waals surface area contributed by atoms with E-state index in [9.17, 15) is 12.8 Å². The van der Waals surface area contributed by atoms with Crippen LogP contribution in [0.25, 0.3) is 0 Å². The molecule has 2 aromatic rings. The van der Waals surface area contributed by atoms with Gasteiger partial charge in [0.2, 0.25) is 0 Å². The summed E-state index contributed by atoms with van der Waals surface area (Å²) >= 11 is 0. The molecule has 2 atom stereocenters. The van der Waals surface area contributed by atoms with Gasteiger partial charge in [0.15, 0.2) is 0 Å². The summed E-state index contributed by atoms with van der Waals surface area (Å²) in [5.41, 5.74) is 3.87. The molecule has 0 bridgehead atoms. The lowest BCUT2D eigenvalue weighted by atomic mass is 9.88. The lowest BCUT2D eigenvalue weighted by Crippen LogP contribution is -2.35. The fraction of sp³-hybridized carbons (Fsp3) is 0.455. The topological polar surface area (TPSA) is 58.2 Å². The van der Waals surface area contributed by atoms with Gasteiger partial charge < -0.3 is 5.32 Å². The van der Waals surface area contributed by atoms with Crippen LogP contribution in [-0.2, 0) is 22.9 Å². The largest absolute Gasteiger partial charge is 0.314 e. The SMILES string of the molecule is CCCN[C@H]1CCc2cc(NS(=O)(=O)c3ccc([C@H](C)CF)cc3)ccc2C1.Cl. The Balaban J connectivity index is 0.00000300. The minimum absolute atomic E-state index is 0. The van der Waals surface area contributed by atoms with E-state index >= 15 is 0 Å². The van der Waals surface area contributed by atoms with Crippen LogP contribution >= 0.6 is 12.4 Å². The summed E-state index contributed by atoms with van der Waals surface area (Å²) in [6.45, 7) is 4.50. The van der Waals surface area contributed by atoms with Gasteiger partial charge in [-0.3, -0.25) is 9.11 Å². The van der Waals surface area contributed by atoms with Gasteiger partial charge in [0, 0.05) is 17.6 Å². The highest BCUT2D eigenvalue weighted by Crippen LogP contribution is 2.26. The third-order valence-corrected chi connectivity index (χ3v) is 6.76. The van der Waals surface area contributed by atoms with Crippen LogP contribution in [-0.4, -0.2) is 27.7 Å². The van der Waals surface area contributed by atoms with E-state index in [2.05, 4.69) is 17.0 Å². The van der Waals surface area contributed by atoms with Crippen LogP contribution in [0.15, 0.2) is 47.4 Å². The lowest BCUT2D eigenvalue weighted by Gasteiger charge is -2.26. The molecule has 0 radical (unpaired) electrons. The molecule has 0 spiro atoms. The molecule has 0 saturated heterocycles. The van der Waals surface area contributed by atoms with Crippen molar-refractivity contribution < 1.29 is 12.8 Å². The standard InChI is InChI=1S/C22H29FN2O2S.ClH/c1-3-12-24-20-8-4-19-14-21(9-5-18(19)13-20)25-28(26,27)22-10-6-17(7-11-22)16(2)15-23;/h5-7,9-11,14,16,20,24-25H,3-4,8,12-13,15H2,1-2H3;1H/t16-,20+;/m1./s1. The van der Waals surface area contributed by atoms with Gasteiger partial charge in [-0.2, -0.15) is 0 Å². The zero-order valence-electron chi connectivity index (χ0n) is 16.9. The smallest absolute Gasteiger partial charge is 0.261 e. The summed E-state index contributed by atoms with van der Waals surface area (Å²) in [5.74, 6) is -0.235. The van der Waals surface area contributed by atoms with Gasteiger partial charge in [-0.15, -0.1) is 12.4 Å². The molecule has 0 fully saturated rings. The summed E-state index contributed by atoms with van der Waals surface area (Å²) < 4.78 is 40.8. The number of hydrogen-bond acceptors (Lipinski definition) is 3. The molecule has 0 unspecified atom stereocenters. The van der Waals surface area contributed by atoms with Crippen molar-refractivity contribution in [3.05, 3.63) is 59.2 Å². The second kappa shape index (κ2) is 10.4. The number of hydrogen-bond donors (Lipinski definition) is 2. The number of nitrogens with one attached hydrogen (secondary N) is 2. The van der Waals surface area contributed by atoms with Gasteiger partial charge in [-0.1, -0.05) is 32.0 Å². The van der Waals surface area contributed by atoms with Crippen molar-refractivity contribution in [3.63, 3.8) is 0 Å². The van der Waals surface area contributed by atoms with Crippen molar-refractivity contribution in [2.24, 2.45) is 0 Å². The normalized spacial score (nSPS) is 17.1. The molecular formula is C22H30ClFN2O2S. The molecule has 2 N–H and O–H groups in total. The Morgan fingerprint density at radius 2 is 1.86 bits per heavy atom. The number of alkyl halides is 1. The number of sulfonamides is 1. The van der Waals surface area contributed by atoms with Gasteiger partial charge in [0.05, 0.1) is 11.6 Å². The molecule has 7 heteroatoms. The number of benzene rings is 2. The van der Waals surface area contributed by atoms with Gasteiger partial charge >= 0.3 is 0 Å². The maximum absolute atomic E-state index is 12.8. The van der Waals surface area contributed by atoms with Gasteiger partial charge in [0.1, 0.15) is 0 Å². The molecule has 29 heavy (non-hydrogen) atoms. The van der Waals surface area contributed by atoms with E-state index in [0.717, 1.165) is 37.8 Å². The lowest BCUT2D eigenvalue weighted by molar-refractivity contribution is 0.447. The second-order valence-corrected chi connectivity index (χ2v) is 9.29. The quantitative estimate of drug-likeness (QED) is 0.617. The maximum Gasteiger partial charge on any atom is 0.261 e. The van der Waals surface area contributed by atoms with E-state index in [0.29, 0.717) is 11.7 Å². The van der Waals surface area contributed by atoms with E-state index in [4.69, 9.17) is 0 Å². The highest BCUT2D eigenvalue weighted by Gasteiger charge is 2.20. The number of halogens is 2. The molecule has 1 aliphatic rings. The van der Waals surface area contributed by atoms with E-state index in [-0.39, 0.29) is 23.2 Å². The summed E-state index contributed by atoms with van der Waals surface area (Å²) in [4.78, 5) is 0.184. The van der Waals surface area contributed by atoms with E-state index < -0.39 is 16.7 Å². The molecule has 0 aliphatic heterocycles. The summed E-state index contributed by atoms with van der Waals surface area (Å²) in [5, 5.41) is 3.57. The van der Waals surface area contributed by atoms with Crippen molar-refractivity contribution in [1.82, 2.24) is 5.32 Å². The molecule has 3 rings (SSSR count). The van der Waals surface area contributed by atoms with Crippen molar-refractivity contribution in [1.29, 1.82) is 0 Å². The van der Waals surface area contributed by atoms with Crippen molar-refractivity contribution >= 4 is 28.1 Å². The van der Waals surface area contributed by atoms with E-state index in [1.54, 1.807) is 19.1 Å². The Labute approximate surface area is 179 Å². The van der Waals surface area contributed by atoms with Crippen LogP contribution in [0, 0.1) is 0 Å². The minimum Gasteiger partial charge on any atom is -0.314 e. The summed E-state index contributed by atoms with van der Waals surface area (Å²) in [6.07, 6.45) is 4.12. The van der Waals surface area contributed by atoms with Gasteiger partial charge in [-0.25, -0.2) is 8.42 Å². The first-order valence-electron chi connectivity index (χ1n) is 9.97.